The average molecular weight is 536 g/mol. The fourth-order valence-electron chi connectivity index (χ4n) is 5.13. The summed E-state index contributed by atoms with van der Waals surface area (Å²) in [5.41, 5.74) is 8.02. The molecule has 208 valence electrons. The lowest BCUT2D eigenvalue weighted by atomic mass is 10.0. The largest absolute Gasteiger partial charge is 0.443 e. The van der Waals surface area contributed by atoms with E-state index in [1.165, 1.54) is 10.5 Å². The summed E-state index contributed by atoms with van der Waals surface area (Å²) in [5.74, 6) is -0.483. The van der Waals surface area contributed by atoms with Gasteiger partial charge in [-0.3, -0.25) is 9.59 Å². The molecule has 3 amide bonds. The van der Waals surface area contributed by atoms with E-state index in [1.54, 1.807) is 4.90 Å². The second-order valence-electron chi connectivity index (χ2n) is 9.96. The van der Waals surface area contributed by atoms with Crippen molar-refractivity contribution >= 4 is 23.9 Å². The van der Waals surface area contributed by atoms with Crippen LogP contribution in [0, 0.1) is 0 Å². The lowest BCUT2D eigenvalue weighted by Crippen LogP contribution is -2.60. The second-order valence-corrected chi connectivity index (χ2v) is 9.96. The number of amides is 3. The van der Waals surface area contributed by atoms with E-state index in [0.717, 1.165) is 24.8 Å². The minimum atomic E-state index is -1.16. The van der Waals surface area contributed by atoms with Crippen LogP contribution in [0.4, 0.5) is 4.79 Å². The highest BCUT2D eigenvalue weighted by atomic mass is 16.5. The summed E-state index contributed by atoms with van der Waals surface area (Å²) in [5, 5.41) is 13.8. The molecule has 0 spiro atoms. The van der Waals surface area contributed by atoms with Gasteiger partial charge in [0.15, 0.2) is 0 Å². The van der Waals surface area contributed by atoms with E-state index in [4.69, 9.17) is 10.5 Å². The number of nitrogens with two attached hydrogens (primary N) is 1. The third-order valence-electron chi connectivity index (χ3n) is 7.20. The predicted molar refractivity (Wildman–Crippen MR) is 146 cm³/mol. The van der Waals surface area contributed by atoms with E-state index >= 15 is 0 Å². The summed E-state index contributed by atoms with van der Waals surface area (Å²) in [6, 6.07) is 18.0. The molecule has 1 unspecified atom stereocenters. The first kappa shape index (κ1) is 28.1. The van der Waals surface area contributed by atoms with Gasteiger partial charge in [0.05, 0.1) is 6.04 Å². The number of aliphatic hydroxyl groups is 1. The monoisotopic (exact) mass is 535 g/mol. The van der Waals surface area contributed by atoms with E-state index < -0.39 is 24.4 Å². The lowest BCUT2D eigenvalue weighted by Gasteiger charge is -2.39. The van der Waals surface area contributed by atoms with Gasteiger partial charge >= 0.3 is 6.09 Å². The molecule has 4 N–H and O–H groups in total. The van der Waals surface area contributed by atoms with Gasteiger partial charge in [0, 0.05) is 19.5 Å². The lowest BCUT2D eigenvalue weighted by molar-refractivity contribution is -0.139. The molecule has 4 rings (SSSR count). The van der Waals surface area contributed by atoms with Gasteiger partial charge in [0.25, 0.3) is 0 Å². The molecule has 2 aliphatic rings. The van der Waals surface area contributed by atoms with Gasteiger partial charge in [-0.15, -0.1) is 4.99 Å². The number of guanidine groups is 1. The molecule has 39 heavy (non-hydrogen) atoms. The third kappa shape index (κ3) is 7.79. The summed E-state index contributed by atoms with van der Waals surface area (Å²) in [6.07, 6.45) is 2.39. The summed E-state index contributed by atoms with van der Waals surface area (Å²) < 4.78 is 5.15. The molecule has 0 aliphatic carbocycles. The number of aliphatic imine (C=N–C) groups is 1. The molecule has 0 radical (unpaired) electrons. The fraction of sp³-hybridized carbons (Fsp3) is 0.448. The van der Waals surface area contributed by atoms with Crippen molar-refractivity contribution in [2.24, 2.45) is 10.7 Å². The molecule has 2 saturated heterocycles. The summed E-state index contributed by atoms with van der Waals surface area (Å²) >= 11 is 0. The number of carbonyl (C=O) groups is 3. The molecule has 0 saturated carbocycles. The molecule has 0 aromatic heterocycles. The molecule has 2 heterocycles. The van der Waals surface area contributed by atoms with Crippen molar-refractivity contribution in [3.05, 3.63) is 71.8 Å². The maximum Gasteiger partial charge on any atom is 0.437 e. The standard InChI is InChI=1S/C29H37N5O5/c30-28(32-29(38)39-20-22-12-5-2-6-13-22)34-19-8-15-23(27(34)37)31-26(36)24-16-9-18-33(24)25(35)17-7-14-21-10-3-1-4-11-21/h1-6,10-13,23-24,27,37H,7-9,14-20H2,(H,31,36)(H2,30,32,38)/t23-,24-,27?/m0/s1. The summed E-state index contributed by atoms with van der Waals surface area (Å²) in [7, 11) is 0. The van der Waals surface area contributed by atoms with Crippen molar-refractivity contribution in [3.8, 4) is 0 Å². The first-order chi connectivity index (χ1) is 18.9. The fourth-order valence-corrected chi connectivity index (χ4v) is 5.13. The smallest absolute Gasteiger partial charge is 0.437 e. The summed E-state index contributed by atoms with van der Waals surface area (Å²) in [4.78, 5) is 45.1. The first-order valence-electron chi connectivity index (χ1n) is 13.6. The van der Waals surface area contributed by atoms with Crippen LogP contribution >= 0.6 is 0 Å². The zero-order valence-corrected chi connectivity index (χ0v) is 22.1. The molecule has 0 bridgehead atoms. The number of likely N-dealkylation sites (tertiary alicyclic amines) is 2. The number of nitrogens with zero attached hydrogens (tertiary/aromatic N) is 3. The van der Waals surface area contributed by atoms with E-state index in [0.29, 0.717) is 38.8 Å². The van der Waals surface area contributed by atoms with Crippen molar-refractivity contribution in [2.75, 3.05) is 13.1 Å². The molecule has 2 aliphatic heterocycles. The van der Waals surface area contributed by atoms with E-state index in [1.807, 2.05) is 60.7 Å². The number of aryl methyl sites for hydroxylation is 1. The van der Waals surface area contributed by atoms with Crippen LogP contribution < -0.4 is 11.1 Å². The number of hydrogen-bond donors (Lipinski definition) is 3. The summed E-state index contributed by atoms with van der Waals surface area (Å²) in [6.45, 7) is 0.983. The van der Waals surface area contributed by atoms with Crippen LogP contribution in [-0.4, -0.2) is 70.2 Å². The van der Waals surface area contributed by atoms with E-state index in [-0.39, 0.29) is 24.4 Å². The van der Waals surface area contributed by atoms with Gasteiger partial charge in [0.2, 0.25) is 17.8 Å². The molecule has 2 fully saturated rings. The number of aliphatic hydroxyl groups excluding tert-OH is 1. The Labute approximate surface area is 228 Å². The van der Waals surface area contributed by atoms with E-state index in [2.05, 4.69) is 10.3 Å². The number of hydrogen-bond acceptors (Lipinski definition) is 5. The van der Waals surface area contributed by atoms with Crippen molar-refractivity contribution in [1.82, 2.24) is 15.1 Å². The van der Waals surface area contributed by atoms with Crippen molar-refractivity contribution < 1.29 is 24.2 Å². The predicted octanol–water partition coefficient (Wildman–Crippen LogP) is 2.55. The molecule has 10 heteroatoms. The maximum absolute atomic E-state index is 13.2. The Kier molecular flexibility index (Phi) is 9.91. The Morgan fingerprint density at radius 2 is 1.59 bits per heavy atom. The van der Waals surface area contributed by atoms with Crippen LogP contribution in [0.1, 0.15) is 49.7 Å². The molecule has 2 aromatic rings. The van der Waals surface area contributed by atoms with Gasteiger partial charge in [-0.1, -0.05) is 60.7 Å². The van der Waals surface area contributed by atoms with Crippen LogP contribution in [0.15, 0.2) is 65.7 Å². The van der Waals surface area contributed by atoms with Crippen molar-refractivity contribution in [3.63, 3.8) is 0 Å². The van der Waals surface area contributed by atoms with Crippen molar-refractivity contribution in [1.29, 1.82) is 0 Å². The molecular weight excluding hydrogens is 498 g/mol. The Hall–Kier alpha value is -3.92. The van der Waals surface area contributed by atoms with Gasteiger partial charge < -0.3 is 30.7 Å². The van der Waals surface area contributed by atoms with Gasteiger partial charge in [-0.25, -0.2) is 4.79 Å². The van der Waals surface area contributed by atoms with Crippen LogP contribution in [-0.2, 0) is 27.4 Å². The first-order valence-corrected chi connectivity index (χ1v) is 13.6. The Balaban J connectivity index is 1.27. The Morgan fingerprint density at radius 1 is 0.949 bits per heavy atom. The molecular formula is C29H37N5O5. The highest BCUT2D eigenvalue weighted by molar-refractivity contribution is 5.90. The highest BCUT2D eigenvalue weighted by Crippen LogP contribution is 2.22. The Morgan fingerprint density at radius 3 is 2.31 bits per heavy atom. The maximum atomic E-state index is 13.2. The molecule has 10 nitrogen and oxygen atoms in total. The highest BCUT2D eigenvalue weighted by Gasteiger charge is 2.38. The minimum absolute atomic E-state index is 0.0280. The number of piperidine rings is 1. The van der Waals surface area contributed by atoms with Gasteiger partial charge in [-0.05, 0) is 49.7 Å². The number of rotatable bonds is 8. The van der Waals surface area contributed by atoms with Crippen LogP contribution in [0.3, 0.4) is 0 Å². The Bertz CT molecular complexity index is 1140. The molecule has 2 aromatic carbocycles. The van der Waals surface area contributed by atoms with Crippen LogP contribution in [0.2, 0.25) is 0 Å². The minimum Gasteiger partial charge on any atom is -0.443 e. The SMILES string of the molecule is N/C(=N\C(=O)OCc1ccccc1)N1CCC[C@H](NC(=O)[C@@H]2CCCN2C(=O)CCCc2ccccc2)C1O. The van der Waals surface area contributed by atoms with Crippen LogP contribution in [0.5, 0.6) is 0 Å². The number of ether oxygens (including phenoxy) is 1. The number of benzene rings is 2. The van der Waals surface area contributed by atoms with Crippen molar-refractivity contribution in [2.45, 2.75) is 69.9 Å². The third-order valence-corrected chi connectivity index (χ3v) is 7.20. The zero-order valence-electron chi connectivity index (χ0n) is 22.1. The normalized spacial score (nSPS) is 21.5. The van der Waals surface area contributed by atoms with Crippen LogP contribution in [0.25, 0.3) is 0 Å². The second kappa shape index (κ2) is 13.7. The average Bonchev–Trinajstić information content (AvgIpc) is 3.45. The van der Waals surface area contributed by atoms with Gasteiger partial charge in [-0.2, -0.15) is 0 Å². The molecule has 3 atom stereocenters. The van der Waals surface area contributed by atoms with E-state index in [9.17, 15) is 19.5 Å². The topological polar surface area (TPSA) is 138 Å². The number of nitrogens with one attached hydrogen (secondary N) is 1. The zero-order chi connectivity index (χ0) is 27.6. The van der Waals surface area contributed by atoms with Gasteiger partial charge in [0.1, 0.15) is 18.9 Å². The number of carbonyl (C=O) groups excluding carboxylic acids is 3. The quantitative estimate of drug-likeness (QED) is 0.349.